The minimum atomic E-state index is -0.576. The minimum Gasteiger partial charge on any atom is -0.466 e. The summed E-state index contributed by atoms with van der Waals surface area (Å²) >= 11 is 0. The molecule has 0 bridgehead atoms. The summed E-state index contributed by atoms with van der Waals surface area (Å²) in [5.74, 6) is -0.751. The molecular weight excluding hydrogens is 368 g/mol. The van der Waals surface area contributed by atoms with Crippen LogP contribution in [0.15, 0.2) is 24.3 Å². The second kappa shape index (κ2) is 9.30. The Labute approximate surface area is 173 Å². The van der Waals surface area contributed by atoms with Crippen LogP contribution in [0.4, 0.5) is 4.79 Å². The number of likely N-dealkylation sites (tertiary alicyclic amines) is 1. The van der Waals surface area contributed by atoms with Crippen LogP contribution in [0.3, 0.4) is 0 Å². The number of benzene rings is 1. The molecule has 1 saturated heterocycles. The van der Waals surface area contributed by atoms with Crippen molar-refractivity contribution in [2.45, 2.75) is 65.4 Å². The van der Waals surface area contributed by atoms with Crippen LogP contribution in [0, 0.1) is 23.7 Å². The second-order valence-electron chi connectivity index (χ2n) is 8.79. The van der Waals surface area contributed by atoms with E-state index in [2.05, 4.69) is 6.07 Å². The standard InChI is InChI=1S/C23H32N2O4/c1-6-28-20(26)15-23(19(16-24)18-9-7-8-17(2)14-18)10-12-25(13-11-23)21(27)29-22(3,4)5/h7-9,14,19H,6,10-13,15H2,1-5H3. The SMILES string of the molecule is CCOC(=O)CC1(C(C#N)c2cccc(C)c2)CCN(C(=O)OC(C)(C)C)CC1. The van der Waals surface area contributed by atoms with Crippen LogP contribution in [0.5, 0.6) is 0 Å². The summed E-state index contributed by atoms with van der Waals surface area (Å²) in [4.78, 5) is 26.5. The fraction of sp³-hybridized carbons (Fsp3) is 0.609. The van der Waals surface area contributed by atoms with Crippen LogP contribution in [0.2, 0.25) is 0 Å². The topological polar surface area (TPSA) is 79.6 Å². The van der Waals surface area contributed by atoms with Crippen molar-refractivity contribution in [1.29, 1.82) is 5.26 Å². The molecule has 1 aromatic carbocycles. The van der Waals surface area contributed by atoms with Crippen molar-refractivity contribution >= 4 is 12.1 Å². The number of nitrogens with zero attached hydrogens (tertiary/aromatic N) is 2. The maximum Gasteiger partial charge on any atom is 0.410 e. The lowest BCUT2D eigenvalue weighted by Gasteiger charge is -2.44. The van der Waals surface area contributed by atoms with Crippen LogP contribution in [-0.2, 0) is 14.3 Å². The number of rotatable bonds is 5. The minimum absolute atomic E-state index is 0.162. The van der Waals surface area contributed by atoms with Crippen LogP contribution >= 0.6 is 0 Å². The monoisotopic (exact) mass is 400 g/mol. The molecule has 1 amide bonds. The number of amides is 1. The van der Waals surface area contributed by atoms with Crippen molar-refractivity contribution < 1.29 is 19.1 Å². The fourth-order valence-corrected chi connectivity index (χ4v) is 3.94. The van der Waals surface area contributed by atoms with Crippen molar-refractivity contribution in [3.8, 4) is 6.07 Å². The Hall–Kier alpha value is -2.55. The number of piperidine rings is 1. The van der Waals surface area contributed by atoms with E-state index >= 15 is 0 Å². The quantitative estimate of drug-likeness (QED) is 0.676. The Morgan fingerprint density at radius 1 is 1.28 bits per heavy atom. The van der Waals surface area contributed by atoms with Gasteiger partial charge in [-0.1, -0.05) is 29.8 Å². The van der Waals surface area contributed by atoms with E-state index in [4.69, 9.17) is 9.47 Å². The highest BCUT2D eigenvalue weighted by atomic mass is 16.6. The summed E-state index contributed by atoms with van der Waals surface area (Å²) < 4.78 is 10.7. The van der Waals surface area contributed by atoms with E-state index in [9.17, 15) is 14.9 Å². The molecule has 1 heterocycles. The third-order valence-electron chi connectivity index (χ3n) is 5.33. The van der Waals surface area contributed by atoms with E-state index < -0.39 is 16.9 Å². The summed E-state index contributed by atoms with van der Waals surface area (Å²) in [5.41, 5.74) is 0.836. The third-order valence-corrected chi connectivity index (χ3v) is 5.33. The molecular formula is C23H32N2O4. The number of aryl methyl sites for hydroxylation is 1. The van der Waals surface area contributed by atoms with Gasteiger partial charge in [-0.15, -0.1) is 0 Å². The van der Waals surface area contributed by atoms with Gasteiger partial charge in [-0.05, 0) is 53.0 Å². The van der Waals surface area contributed by atoms with E-state index in [1.54, 1.807) is 11.8 Å². The number of hydrogen-bond donors (Lipinski definition) is 0. The van der Waals surface area contributed by atoms with E-state index in [0.29, 0.717) is 32.5 Å². The van der Waals surface area contributed by atoms with Gasteiger partial charge >= 0.3 is 12.1 Å². The molecule has 2 rings (SSSR count). The zero-order valence-electron chi connectivity index (χ0n) is 18.2. The Kier molecular flexibility index (Phi) is 7.29. The number of nitriles is 1. The van der Waals surface area contributed by atoms with Crippen molar-refractivity contribution in [2.75, 3.05) is 19.7 Å². The lowest BCUT2D eigenvalue weighted by Crippen LogP contribution is -2.47. The van der Waals surface area contributed by atoms with Crippen LogP contribution in [0.1, 0.15) is 64.0 Å². The van der Waals surface area contributed by atoms with Crippen LogP contribution in [0.25, 0.3) is 0 Å². The first-order valence-corrected chi connectivity index (χ1v) is 10.2. The molecule has 0 N–H and O–H groups in total. The summed E-state index contributed by atoms with van der Waals surface area (Å²) in [6, 6.07) is 10.3. The normalized spacial score (nSPS) is 17.2. The lowest BCUT2D eigenvalue weighted by atomic mass is 9.64. The van der Waals surface area contributed by atoms with Crippen molar-refractivity contribution in [3.63, 3.8) is 0 Å². The van der Waals surface area contributed by atoms with Gasteiger partial charge in [0.15, 0.2) is 0 Å². The summed E-state index contributed by atoms with van der Waals surface area (Å²) in [7, 11) is 0. The summed E-state index contributed by atoms with van der Waals surface area (Å²) in [6.07, 6.45) is 0.884. The molecule has 1 aliphatic rings. The van der Waals surface area contributed by atoms with Gasteiger partial charge in [-0.25, -0.2) is 4.79 Å². The van der Waals surface area contributed by atoms with Gasteiger partial charge in [0.05, 0.1) is 25.0 Å². The molecule has 0 aliphatic carbocycles. The predicted molar refractivity (Wildman–Crippen MR) is 110 cm³/mol. The summed E-state index contributed by atoms with van der Waals surface area (Å²) in [6.45, 7) is 10.5. The van der Waals surface area contributed by atoms with Crippen molar-refractivity contribution in [2.24, 2.45) is 5.41 Å². The Balaban J connectivity index is 2.27. The lowest BCUT2D eigenvalue weighted by molar-refractivity contribution is -0.147. The van der Waals surface area contributed by atoms with Crippen molar-refractivity contribution in [1.82, 2.24) is 4.90 Å². The average molecular weight is 401 g/mol. The number of carbonyl (C=O) groups excluding carboxylic acids is 2. The molecule has 1 aliphatic heterocycles. The zero-order chi connectivity index (χ0) is 21.7. The molecule has 0 radical (unpaired) electrons. The van der Waals surface area contributed by atoms with Gasteiger partial charge in [0.25, 0.3) is 0 Å². The predicted octanol–water partition coefficient (Wildman–Crippen LogP) is 4.57. The molecule has 29 heavy (non-hydrogen) atoms. The molecule has 0 saturated carbocycles. The molecule has 6 heteroatoms. The molecule has 6 nitrogen and oxygen atoms in total. The first kappa shape index (κ1) is 22.7. The van der Waals surface area contributed by atoms with Gasteiger partial charge in [0.1, 0.15) is 5.60 Å². The van der Waals surface area contributed by atoms with E-state index in [1.165, 1.54) is 0 Å². The molecule has 1 fully saturated rings. The second-order valence-corrected chi connectivity index (χ2v) is 8.79. The molecule has 1 unspecified atom stereocenters. The third kappa shape index (κ3) is 5.96. The highest BCUT2D eigenvalue weighted by molar-refractivity contribution is 5.71. The molecule has 0 aromatic heterocycles. The zero-order valence-corrected chi connectivity index (χ0v) is 18.2. The molecule has 158 valence electrons. The highest BCUT2D eigenvalue weighted by Gasteiger charge is 2.45. The van der Waals surface area contributed by atoms with Gasteiger partial charge < -0.3 is 14.4 Å². The smallest absolute Gasteiger partial charge is 0.410 e. The highest BCUT2D eigenvalue weighted by Crippen LogP contribution is 2.47. The first-order valence-electron chi connectivity index (χ1n) is 10.2. The van der Waals surface area contributed by atoms with Crippen LogP contribution in [-0.4, -0.2) is 42.3 Å². The van der Waals surface area contributed by atoms with Crippen molar-refractivity contribution in [3.05, 3.63) is 35.4 Å². The van der Waals surface area contributed by atoms with Gasteiger partial charge in [0.2, 0.25) is 0 Å². The molecule has 0 spiro atoms. The maximum absolute atomic E-state index is 12.5. The van der Waals surface area contributed by atoms with Gasteiger partial charge in [0, 0.05) is 18.5 Å². The van der Waals surface area contributed by atoms with Gasteiger partial charge in [-0.2, -0.15) is 5.26 Å². The number of esters is 1. The molecule has 1 aromatic rings. The summed E-state index contributed by atoms with van der Waals surface area (Å²) in [5, 5.41) is 10.1. The molecule has 1 atom stereocenters. The largest absolute Gasteiger partial charge is 0.466 e. The Morgan fingerprint density at radius 3 is 2.45 bits per heavy atom. The average Bonchev–Trinajstić information content (AvgIpc) is 2.61. The number of carbonyl (C=O) groups is 2. The maximum atomic E-state index is 12.5. The van der Waals surface area contributed by atoms with E-state index in [1.807, 2.05) is 52.0 Å². The van der Waals surface area contributed by atoms with Crippen LogP contribution < -0.4 is 0 Å². The van der Waals surface area contributed by atoms with Gasteiger partial charge in [-0.3, -0.25) is 4.79 Å². The van der Waals surface area contributed by atoms with E-state index in [-0.39, 0.29) is 18.5 Å². The Morgan fingerprint density at radius 2 is 1.93 bits per heavy atom. The van der Waals surface area contributed by atoms with E-state index in [0.717, 1.165) is 11.1 Å². The number of ether oxygens (including phenoxy) is 2. The fourth-order valence-electron chi connectivity index (χ4n) is 3.94. The number of hydrogen-bond acceptors (Lipinski definition) is 5. The first-order chi connectivity index (χ1) is 13.6. The Bertz CT molecular complexity index is 768.